The van der Waals surface area contributed by atoms with Crippen LogP contribution in [0.1, 0.15) is 12.5 Å². The molecule has 1 heterocycles. The largest absolute Gasteiger partial charge is 0.493 e. The van der Waals surface area contributed by atoms with Crippen LogP contribution in [0.15, 0.2) is 61.2 Å². The van der Waals surface area contributed by atoms with Crippen molar-refractivity contribution >= 4 is 12.2 Å². The average molecular weight is 426 g/mol. The molecular weight excluding hydrogens is 396 g/mol. The molecule has 2 aromatic carbocycles. The second-order valence-corrected chi connectivity index (χ2v) is 7.45. The molecule has 30 heavy (non-hydrogen) atoms. The highest BCUT2D eigenvalue weighted by atomic mass is 32.1. The first-order valence-electron chi connectivity index (χ1n) is 10.0. The van der Waals surface area contributed by atoms with E-state index in [9.17, 15) is 0 Å². The number of hydrogen-bond donors (Lipinski definition) is 1. The first kappa shape index (κ1) is 21.8. The SMILES string of the molecule is C=CCn1c(-c2ccccc2)nn(C[NH+](C)Cc2ccc(OCC)c(OC)c2)c1=S. The third-order valence-corrected chi connectivity index (χ3v) is 5.15. The molecule has 6 nitrogen and oxygen atoms in total. The van der Waals surface area contributed by atoms with Gasteiger partial charge in [0.25, 0.3) is 0 Å². The van der Waals surface area contributed by atoms with E-state index in [1.165, 1.54) is 4.90 Å². The van der Waals surface area contributed by atoms with Crippen molar-refractivity contribution < 1.29 is 14.4 Å². The quantitative estimate of drug-likeness (QED) is 0.400. The van der Waals surface area contributed by atoms with Crippen LogP contribution in [-0.4, -0.2) is 35.1 Å². The molecule has 0 saturated heterocycles. The van der Waals surface area contributed by atoms with Crippen molar-refractivity contribution in [3.63, 3.8) is 0 Å². The zero-order valence-electron chi connectivity index (χ0n) is 17.8. The zero-order chi connectivity index (χ0) is 21.5. The summed E-state index contributed by atoms with van der Waals surface area (Å²) in [6, 6.07) is 16.2. The van der Waals surface area contributed by atoms with Gasteiger partial charge in [0.15, 0.2) is 24.0 Å². The molecule has 0 aliphatic rings. The third kappa shape index (κ3) is 4.98. The van der Waals surface area contributed by atoms with Gasteiger partial charge in [0, 0.05) is 17.7 Å². The van der Waals surface area contributed by atoms with E-state index < -0.39 is 0 Å². The van der Waals surface area contributed by atoms with E-state index in [0.29, 0.717) is 24.6 Å². The van der Waals surface area contributed by atoms with Crippen LogP contribution in [0.25, 0.3) is 11.4 Å². The predicted octanol–water partition coefficient (Wildman–Crippen LogP) is 3.35. The molecule has 0 amide bonds. The maximum absolute atomic E-state index is 5.71. The zero-order valence-corrected chi connectivity index (χ0v) is 18.6. The first-order chi connectivity index (χ1) is 14.6. The van der Waals surface area contributed by atoms with E-state index in [-0.39, 0.29) is 0 Å². The highest BCUT2D eigenvalue weighted by Gasteiger charge is 2.15. The van der Waals surface area contributed by atoms with E-state index in [1.807, 2.05) is 64.7 Å². The Morgan fingerprint density at radius 1 is 1.17 bits per heavy atom. The van der Waals surface area contributed by atoms with Gasteiger partial charge in [0.05, 0.1) is 20.8 Å². The van der Waals surface area contributed by atoms with Gasteiger partial charge < -0.3 is 14.4 Å². The van der Waals surface area contributed by atoms with Gasteiger partial charge >= 0.3 is 0 Å². The molecule has 1 N–H and O–H groups in total. The van der Waals surface area contributed by atoms with E-state index in [1.54, 1.807) is 7.11 Å². The van der Waals surface area contributed by atoms with Gasteiger partial charge in [-0.3, -0.25) is 4.57 Å². The summed E-state index contributed by atoms with van der Waals surface area (Å²) < 4.78 is 15.7. The van der Waals surface area contributed by atoms with Crippen molar-refractivity contribution in [2.75, 3.05) is 20.8 Å². The number of rotatable bonds is 10. The summed E-state index contributed by atoms with van der Waals surface area (Å²) >= 11 is 5.71. The molecule has 3 rings (SSSR count). The maximum atomic E-state index is 5.71. The van der Waals surface area contributed by atoms with Crippen molar-refractivity contribution in [2.45, 2.75) is 26.7 Å². The summed E-state index contributed by atoms with van der Waals surface area (Å²) in [5.41, 5.74) is 2.20. The summed E-state index contributed by atoms with van der Waals surface area (Å²) in [6.45, 7) is 8.51. The Morgan fingerprint density at radius 3 is 2.60 bits per heavy atom. The standard InChI is InChI=1S/C23H28N4O2S/c1-5-14-26-22(19-10-8-7-9-11-19)24-27(23(26)30)17-25(3)16-18-12-13-20(29-6-2)21(15-18)28-4/h5,7-13,15H,1,6,14,16-17H2,2-4H3/p+1. The number of benzene rings is 2. The normalized spacial score (nSPS) is 11.8. The number of methoxy groups -OCH3 is 1. The minimum absolute atomic E-state index is 0.607. The Labute approximate surface area is 183 Å². The Balaban J connectivity index is 1.81. The van der Waals surface area contributed by atoms with Crippen LogP contribution in [0.5, 0.6) is 11.5 Å². The molecule has 0 fully saturated rings. The molecule has 1 atom stereocenters. The molecule has 3 aromatic rings. The van der Waals surface area contributed by atoms with E-state index in [4.69, 9.17) is 26.8 Å². The van der Waals surface area contributed by atoms with Gasteiger partial charge in [0.2, 0.25) is 4.77 Å². The second kappa shape index (κ2) is 10.2. The molecule has 0 aliphatic carbocycles. The number of ether oxygens (including phenoxy) is 2. The predicted molar refractivity (Wildman–Crippen MR) is 121 cm³/mol. The molecule has 1 aromatic heterocycles. The summed E-state index contributed by atoms with van der Waals surface area (Å²) in [4.78, 5) is 1.25. The molecule has 7 heteroatoms. The van der Waals surface area contributed by atoms with Gasteiger partial charge in [-0.2, -0.15) is 4.68 Å². The Kier molecular flexibility index (Phi) is 7.43. The van der Waals surface area contributed by atoms with Crippen LogP contribution < -0.4 is 14.4 Å². The average Bonchev–Trinajstić information content (AvgIpc) is 3.05. The number of quaternary nitrogens is 1. The van der Waals surface area contributed by atoms with Crippen molar-refractivity contribution in [1.82, 2.24) is 14.3 Å². The molecule has 0 radical (unpaired) electrons. The van der Waals surface area contributed by atoms with Gasteiger partial charge in [-0.15, -0.1) is 11.7 Å². The minimum Gasteiger partial charge on any atom is -0.493 e. The van der Waals surface area contributed by atoms with Crippen molar-refractivity contribution in [1.29, 1.82) is 0 Å². The van der Waals surface area contributed by atoms with Gasteiger partial charge in [-0.25, -0.2) is 0 Å². The fourth-order valence-electron chi connectivity index (χ4n) is 3.40. The molecule has 158 valence electrons. The lowest BCUT2D eigenvalue weighted by atomic mass is 10.2. The van der Waals surface area contributed by atoms with Crippen LogP contribution in [0, 0.1) is 4.77 Å². The molecular formula is C23H29N4O2S+. The van der Waals surface area contributed by atoms with E-state index in [0.717, 1.165) is 35.0 Å². The number of aromatic nitrogens is 3. The van der Waals surface area contributed by atoms with Gasteiger partial charge in [-0.1, -0.05) is 36.4 Å². The van der Waals surface area contributed by atoms with Crippen molar-refractivity contribution in [3.8, 4) is 22.9 Å². The second-order valence-electron chi connectivity index (χ2n) is 7.08. The topological polar surface area (TPSA) is 45.7 Å². The van der Waals surface area contributed by atoms with E-state index in [2.05, 4.69) is 19.7 Å². The van der Waals surface area contributed by atoms with Gasteiger partial charge in [-0.05, 0) is 37.3 Å². The Hall–Kier alpha value is -2.90. The number of nitrogens with zero attached hydrogens (tertiary/aromatic N) is 3. The monoisotopic (exact) mass is 425 g/mol. The van der Waals surface area contributed by atoms with Crippen molar-refractivity contribution in [2.24, 2.45) is 0 Å². The van der Waals surface area contributed by atoms with Crippen LogP contribution >= 0.6 is 12.2 Å². The van der Waals surface area contributed by atoms with E-state index >= 15 is 0 Å². The minimum atomic E-state index is 0.607. The lowest BCUT2D eigenvalue weighted by Gasteiger charge is -2.15. The Bertz CT molecular complexity index is 1040. The molecule has 0 spiro atoms. The van der Waals surface area contributed by atoms with Crippen molar-refractivity contribution in [3.05, 3.63) is 71.5 Å². The van der Waals surface area contributed by atoms with Crippen LogP contribution in [0.4, 0.5) is 0 Å². The fraction of sp³-hybridized carbons (Fsp3) is 0.304. The highest BCUT2D eigenvalue weighted by molar-refractivity contribution is 7.71. The Morgan fingerprint density at radius 2 is 1.93 bits per heavy atom. The summed E-state index contributed by atoms with van der Waals surface area (Å²) in [5, 5.41) is 4.81. The molecule has 0 saturated carbocycles. The molecule has 1 unspecified atom stereocenters. The number of hydrogen-bond acceptors (Lipinski definition) is 4. The fourth-order valence-corrected chi connectivity index (χ4v) is 3.66. The lowest BCUT2D eigenvalue weighted by molar-refractivity contribution is -0.917. The number of nitrogens with one attached hydrogen (secondary N) is 1. The molecule has 0 aliphatic heterocycles. The van der Waals surface area contributed by atoms with Crippen LogP contribution in [0.3, 0.4) is 0 Å². The van der Waals surface area contributed by atoms with Crippen LogP contribution in [-0.2, 0) is 19.8 Å². The summed E-state index contributed by atoms with van der Waals surface area (Å²) in [5.74, 6) is 2.37. The molecule has 0 bridgehead atoms. The van der Waals surface area contributed by atoms with Crippen LogP contribution in [0.2, 0.25) is 0 Å². The summed E-state index contributed by atoms with van der Waals surface area (Å²) in [7, 11) is 3.79. The first-order valence-corrected chi connectivity index (χ1v) is 10.4. The van der Waals surface area contributed by atoms with Gasteiger partial charge in [0.1, 0.15) is 6.54 Å². The smallest absolute Gasteiger partial charge is 0.203 e. The number of allylic oxidation sites excluding steroid dienone is 1. The third-order valence-electron chi connectivity index (χ3n) is 4.72. The lowest BCUT2D eigenvalue weighted by Crippen LogP contribution is -3.07. The summed E-state index contributed by atoms with van der Waals surface area (Å²) in [6.07, 6.45) is 1.84. The maximum Gasteiger partial charge on any atom is 0.203 e. The highest BCUT2D eigenvalue weighted by Crippen LogP contribution is 2.27.